The van der Waals surface area contributed by atoms with E-state index in [1.807, 2.05) is 17.0 Å². The van der Waals surface area contributed by atoms with E-state index >= 15 is 0 Å². The van der Waals surface area contributed by atoms with Gasteiger partial charge in [-0.15, -0.1) is 0 Å². The minimum Gasteiger partial charge on any atom is -0.493 e. The summed E-state index contributed by atoms with van der Waals surface area (Å²) in [4.78, 5) is 17.9. The van der Waals surface area contributed by atoms with Gasteiger partial charge in [0.05, 0.1) is 23.1 Å². The molecule has 0 saturated heterocycles. The number of H-pyrrole nitrogens is 1. The second-order valence-electron chi connectivity index (χ2n) is 6.37. The minimum atomic E-state index is 0.0981. The van der Waals surface area contributed by atoms with E-state index in [1.54, 1.807) is 18.2 Å². The molecule has 4 nitrogen and oxygen atoms in total. The topological polar surface area (TPSA) is 45.3 Å². The van der Waals surface area contributed by atoms with Crippen LogP contribution >= 0.6 is 23.2 Å². The Labute approximate surface area is 161 Å². The average molecular weight is 389 g/mol. The molecule has 1 aliphatic rings. The number of halogens is 2. The number of nitrogens with zero attached hydrogens (tertiary/aromatic N) is 1. The maximum atomic E-state index is 12.6. The number of aromatic nitrogens is 1. The van der Waals surface area contributed by atoms with Crippen LogP contribution in [-0.2, 0) is 17.8 Å². The monoisotopic (exact) mass is 388 g/mol. The van der Waals surface area contributed by atoms with Gasteiger partial charge >= 0.3 is 0 Å². The molecule has 3 aromatic rings. The number of para-hydroxylation sites is 1. The SMILES string of the molecule is O=C(CCOc1ccc(Cl)c(Cl)c1)N1CCc2[nH]c3ccccc3c2C1. The molecule has 1 aliphatic heterocycles. The van der Waals surface area contributed by atoms with Gasteiger partial charge < -0.3 is 14.6 Å². The molecule has 2 heterocycles. The average Bonchev–Trinajstić information content (AvgIpc) is 3.02. The third kappa shape index (κ3) is 3.39. The van der Waals surface area contributed by atoms with Crippen LogP contribution in [0.3, 0.4) is 0 Å². The highest BCUT2D eigenvalue weighted by Gasteiger charge is 2.23. The smallest absolute Gasteiger partial charge is 0.226 e. The lowest BCUT2D eigenvalue weighted by Crippen LogP contribution is -2.36. The highest BCUT2D eigenvalue weighted by molar-refractivity contribution is 6.42. The van der Waals surface area contributed by atoms with Crippen molar-refractivity contribution in [2.45, 2.75) is 19.4 Å². The number of fused-ring (bicyclic) bond motifs is 3. The summed E-state index contributed by atoms with van der Waals surface area (Å²) in [6, 6.07) is 13.3. The van der Waals surface area contributed by atoms with Crippen LogP contribution in [0.25, 0.3) is 10.9 Å². The van der Waals surface area contributed by atoms with Crippen LogP contribution in [0.5, 0.6) is 5.75 Å². The van der Waals surface area contributed by atoms with Crippen molar-refractivity contribution in [2.75, 3.05) is 13.2 Å². The Morgan fingerprint density at radius 1 is 1.15 bits per heavy atom. The van der Waals surface area contributed by atoms with Gasteiger partial charge in [-0.1, -0.05) is 41.4 Å². The van der Waals surface area contributed by atoms with Crippen molar-refractivity contribution in [3.63, 3.8) is 0 Å². The Balaban J connectivity index is 1.37. The van der Waals surface area contributed by atoms with Gasteiger partial charge in [-0.05, 0) is 18.2 Å². The molecule has 6 heteroatoms. The first-order valence-corrected chi connectivity index (χ1v) is 9.31. The number of hydrogen-bond acceptors (Lipinski definition) is 2. The molecule has 4 rings (SSSR count). The Kier molecular flexibility index (Phi) is 4.79. The van der Waals surface area contributed by atoms with E-state index in [9.17, 15) is 4.79 Å². The lowest BCUT2D eigenvalue weighted by Gasteiger charge is -2.27. The molecule has 0 bridgehead atoms. The van der Waals surface area contributed by atoms with E-state index in [0.29, 0.717) is 35.4 Å². The molecule has 0 aliphatic carbocycles. The van der Waals surface area contributed by atoms with E-state index in [-0.39, 0.29) is 5.91 Å². The largest absolute Gasteiger partial charge is 0.493 e. The number of aromatic amines is 1. The van der Waals surface area contributed by atoms with Crippen LogP contribution < -0.4 is 4.74 Å². The van der Waals surface area contributed by atoms with E-state index < -0.39 is 0 Å². The number of carbonyl (C=O) groups excluding carboxylic acids is 1. The van der Waals surface area contributed by atoms with Gasteiger partial charge in [0.2, 0.25) is 5.91 Å². The van der Waals surface area contributed by atoms with Gasteiger partial charge in [-0.2, -0.15) is 0 Å². The number of amides is 1. The van der Waals surface area contributed by atoms with Crippen LogP contribution in [0.2, 0.25) is 10.0 Å². The first-order valence-electron chi connectivity index (χ1n) is 8.56. The lowest BCUT2D eigenvalue weighted by molar-refractivity contribution is -0.132. The van der Waals surface area contributed by atoms with Gasteiger partial charge in [-0.3, -0.25) is 4.79 Å². The van der Waals surface area contributed by atoms with Crippen molar-refractivity contribution >= 4 is 40.0 Å². The third-order valence-corrected chi connectivity index (χ3v) is 5.45. The molecule has 0 radical (unpaired) electrons. The van der Waals surface area contributed by atoms with Crippen LogP contribution in [0.1, 0.15) is 17.7 Å². The second kappa shape index (κ2) is 7.22. The zero-order valence-corrected chi connectivity index (χ0v) is 15.6. The normalized spacial score (nSPS) is 13.7. The summed E-state index contributed by atoms with van der Waals surface area (Å²) in [5, 5.41) is 2.13. The lowest BCUT2D eigenvalue weighted by atomic mass is 10.0. The van der Waals surface area contributed by atoms with Gasteiger partial charge in [0.15, 0.2) is 0 Å². The molecule has 1 amide bonds. The molecule has 134 valence electrons. The number of nitrogens with one attached hydrogen (secondary N) is 1. The molecular weight excluding hydrogens is 371 g/mol. The van der Waals surface area contributed by atoms with E-state index in [4.69, 9.17) is 27.9 Å². The Hall–Kier alpha value is -2.17. The van der Waals surface area contributed by atoms with Crippen molar-refractivity contribution in [3.8, 4) is 5.75 Å². The molecule has 0 saturated carbocycles. The third-order valence-electron chi connectivity index (χ3n) is 4.71. The summed E-state index contributed by atoms with van der Waals surface area (Å²) < 4.78 is 5.63. The number of rotatable bonds is 4. The van der Waals surface area contributed by atoms with Crippen LogP contribution in [-0.4, -0.2) is 28.9 Å². The zero-order valence-electron chi connectivity index (χ0n) is 14.1. The Morgan fingerprint density at radius 3 is 2.85 bits per heavy atom. The maximum Gasteiger partial charge on any atom is 0.226 e. The Bertz CT molecular complexity index is 968. The number of hydrogen-bond donors (Lipinski definition) is 1. The minimum absolute atomic E-state index is 0.0981. The predicted molar refractivity (Wildman–Crippen MR) is 104 cm³/mol. The molecule has 1 N–H and O–H groups in total. The molecule has 0 unspecified atom stereocenters. The summed E-state index contributed by atoms with van der Waals surface area (Å²) in [5.41, 5.74) is 3.60. The van der Waals surface area contributed by atoms with Crippen molar-refractivity contribution in [2.24, 2.45) is 0 Å². The highest BCUT2D eigenvalue weighted by atomic mass is 35.5. The number of ether oxygens (including phenoxy) is 1. The van der Waals surface area contributed by atoms with Crippen molar-refractivity contribution < 1.29 is 9.53 Å². The van der Waals surface area contributed by atoms with Crippen LogP contribution in [0, 0.1) is 0 Å². The van der Waals surface area contributed by atoms with E-state index in [2.05, 4.69) is 17.1 Å². The van der Waals surface area contributed by atoms with Crippen molar-refractivity contribution in [1.29, 1.82) is 0 Å². The fourth-order valence-electron chi connectivity index (χ4n) is 3.36. The molecule has 0 spiro atoms. The summed E-state index contributed by atoms with van der Waals surface area (Å²) in [7, 11) is 0. The van der Waals surface area contributed by atoms with Crippen LogP contribution in [0.4, 0.5) is 0 Å². The quantitative estimate of drug-likeness (QED) is 0.695. The van der Waals surface area contributed by atoms with Crippen LogP contribution in [0.15, 0.2) is 42.5 Å². The first kappa shape index (κ1) is 17.3. The fraction of sp³-hybridized carbons (Fsp3) is 0.250. The summed E-state index contributed by atoms with van der Waals surface area (Å²) in [6.45, 7) is 1.68. The molecule has 0 atom stereocenters. The van der Waals surface area contributed by atoms with E-state index in [1.165, 1.54) is 16.6 Å². The highest BCUT2D eigenvalue weighted by Crippen LogP contribution is 2.28. The number of benzene rings is 2. The van der Waals surface area contributed by atoms with Crippen molar-refractivity contribution in [1.82, 2.24) is 9.88 Å². The summed E-state index contributed by atoms with van der Waals surface area (Å²) in [6.07, 6.45) is 1.18. The van der Waals surface area contributed by atoms with Crippen molar-refractivity contribution in [3.05, 3.63) is 63.8 Å². The molecule has 26 heavy (non-hydrogen) atoms. The standard InChI is InChI=1S/C20H18Cl2N2O2/c21-16-6-5-13(11-17(16)22)26-10-8-20(25)24-9-7-19-15(12-24)14-3-1-2-4-18(14)23-19/h1-6,11,23H,7-10,12H2. The predicted octanol–water partition coefficient (Wildman–Crippen LogP) is 4.83. The maximum absolute atomic E-state index is 12.6. The van der Waals surface area contributed by atoms with Gasteiger partial charge in [0, 0.05) is 47.7 Å². The molecule has 0 fully saturated rings. The first-order chi connectivity index (χ1) is 12.6. The molecule has 1 aromatic heterocycles. The van der Waals surface area contributed by atoms with Gasteiger partial charge in [0.1, 0.15) is 5.75 Å². The van der Waals surface area contributed by atoms with Gasteiger partial charge in [-0.25, -0.2) is 0 Å². The second-order valence-corrected chi connectivity index (χ2v) is 7.18. The van der Waals surface area contributed by atoms with Gasteiger partial charge in [0.25, 0.3) is 0 Å². The molecule has 2 aromatic carbocycles. The zero-order chi connectivity index (χ0) is 18.1. The molecular formula is C20H18Cl2N2O2. The Morgan fingerprint density at radius 2 is 2.00 bits per heavy atom. The summed E-state index contributed by atoms with van der Waals surface area (Å²) in [5.74, 6) is 0.714. The summed E-state index contributed by atoms with van der Waals surface area (Å²) >= 11 is 11.9. The number of carbonyl (C=O) groups is 1. The fourth-order valence-corrected chi connectivity index (χ4v) is 3.65. The van der Waals surface area contributed by atoms with E-state index in [0.717, 1.165) is 18.5 Å².